The Hall–Kier alpha value is -2.14. The number of likely N-dealkylation sites (N-methyl/N-ethyl adjacent to an activating group) is 1. The number of benzene rings is 1. The van der Waals surface area contributed by atoms with E-state index in [1.807, 2.05) is 4.90 Å². The zero-order valence-electron chi connectivity index (χ0n) is 11.3. The van der Waals surface area contributed by atoms with E-state index in [2.05, 4.69) is 5.32 Å². The topological polar surface area (TPSA) is 58.6 Å². The third-order valence-corrected chi connectivity index (χ3v) is 3.67. The Labute approximate surface area is 117 Å². The number of carbonyl (C=O) groups excluding carboxylic acids is 2. The minimum absolute atomic E-state index is 0.0912. The van der Waals surface area contributed by atoms with Crippen LogP contribution in [0.25, 0.3) is 0 Å². The number of Topliss-reactive ketones (excluding diaryl/α,β-unsaturated/α-hetero) is 2. The van der Waals surface area contributed by atoms with Crippen LogP contribution in [-0.4, -0.2) is 49.8 Å². The van der Waals surface area contributed by atoms with Gasteiger partial charge in [0.15, 0.2) is 0 Å². The highest BCUT2D eigenvalue weighted by Gasteiger charge is 2.34. The summed E-state index contributed by atoms with van der Waals surface area (Å²) in [7, 11) is 1.68. The largest absolute Gasteiger partial charge is 0.383 e. The van der Waals surface area contributed by atoms with E-state index in [0.717, 1.165) is 0 Å². The van der Waals surface area contributed by atoms with Gasteiger partial charge in [0.1, 0.15) is 11.4 Å². The molecule has 0 unspecified atom stereocenters. The Bertz CT molecular complexity index is 601. The highest BCUT2D eigenvalue weighted by atomic mass is 16.5. The lowest BCUT2D eigenvalue weighted by atomic mass is 9.89. The first-order chi connectivity index (χ1) is 9.74. The van der Waals surface area contributed by atoms with Gasteiger partial charge in [-0.15, -0.1) is 0 Å². The van der Waals surface area contributed by atoms with Gasteiger partial charge in [-0.05, 0) is 0 Å². The number of nitrogens with one attached hydrogen (secondary N) is 1. The van der Waals surface area contributed by atoms with Crippen molar-refractivity contribution in [3.8, 4) is 0 Å². The molecule has 0 amide bonds. The zero-order valence-corrected chi connectivity index (χ0v) is 11.3. The maximum atomic E-state index is 12.7. The van der Waals surface area contributed by atoms with E-state index in [1.54, 1.807) is 31.3 Å². The maximum Gasteiger partial charge on any atom is 0.212 e. The Morgan fingerprint density at radius 1 is 1.05 bits per heavy atom. The molecule has 0 bridgehead atoms. The number of morpholine rings is 1. The summed E-state index contributed by atoms with van der Waals surface area (Å²) in [4.78, 5) is 27.2. The zero-order chi connectivity index (χ0) is 14.1. The van der Waals surface area contributed by atoms with E-state index in [0.29, 0.717) is 48.8 Å². The van der Waals surface area contributed by atoms with Crippen molar-refractivity contribution >= 4 is 11.6 Å². The highest BCUT2D eigenvalue weighted by molar-refractivity contribution is 6.26. The molecule has 1 aromatic carbocycles. The third kappa shape index (κ3) is 1.91. The van der Waals surface area contributed by atoms with Crippen molar-refractivity contribution in [1.82, 2.24) is 10.2 Å². The molecule has 0 aromatic heterocycles. The molecule has 104 valence electrons. The number of nitrogens with zero attached hydrogens (tertiary/aromatic N) is 1. The predicted octanol–water partition coefficient (Wildman–Crippen LogP) is 0.829. The van der Waals surface area contributed by atoms with Crippen LogP contribution in [0, 0.1) is 0 Å². The predicted molar refractivity (Wildman–Crippen MR) is 73.6 cm³/mol. The lowest BCUT2D eigenvalue weighted by Gasteiger charge is -2.33. The van der Waals surface area contributed by atoms with Crippen molar-refractivity contribution in [3.05, 3.63) is 46.8 Å². The highest BCUT2D eigenvalue weighted by Crippen LogP contribution is 2.27. The average molecular weight is 272 g/mol. The molecule has 1 aromatic rings. The molecular weight excluding hydrogens is 256 g/mol. The second kappa shape index (κ2) is 5.09. The molecule has 1 N–H and O–H groups in total. The minimum atomic E-state index is -0.121. The SMILES string of the molecule is CNC1=C(N2CCOCC2)C(=O)c2ccccc2C1=O. The summed E-state index contributed by atoms with van der Waals surface area (Å²) in [6, 6.07) is 6.97. The van der Waals surface area contributed by atoms with Crippen molar-refractivity contribution in [3.63, 3.8) is 0 Å². The van der Waals surface area contributed by atoms with Crippen molar-refractivity contribution in [2.24, 2.45) is 0 Å². The normalized spacial score (nSPS) is 19.1. The summed E-state index contributed by atoms with van der Waals surface area (Å²) in [5.74, 6) is -0.212. The number of ether oxygens (including phenoxy) is 1. The van der Waals surface area contributed by atoms with E-state index < -0.39 is 0 Å². The number of rotatable bonds is 2. The molecule has 1 heterocycles. The summed E-state index contributed by atoms with van der Waals surface area (Å²) < 4.78 is 5.31. The molecule has 1 saturated heterocycles. The number of carbonyl (C=O) groups is 2. The Balaban J connectivity index is 2.10. The van der Waals surface area contributed by atoms with Crippen molar-refractivity contribution in [1.29, 1.82) is 0 Å². The standard InChI is InChI=1S/C15H16N2O3/c1-16-12-13(17-6-8-20-9-7-17)15(19)11-5-3-2-4-10(11)14(12)18/h2-5,16H,6-9H2,1H3. The first-order valence-electron chi connectivity index (χ1n) is 6.67. The van der Waals surface area contributed by atoms with E-state index in [9.17, 15) is 9.59 Å². The van der Waals surface area contributed by atoms with E-state index in [4.69, 9.17) is 4.74 Å². The first-order valence-corrected chi connectivity index (χ1v) is 6.67. The summed E-state index contributed by atoms with van der Waals surface area (Å²) in [5.41, 5.74) is 1.81. The number of ketones is 2. The average Bonchev–Trinajstić information content (AvgIpc) is 2.51. The van der Waals surface area contributed by atoms with Crippen LogP contribution in [0.15, 0.2) is 35.7 Å². The van der Waals surface area contributed by atoms with Crippen LogP contribution in [0.1, 0.15) is 20.7 Å². The summed E-state index contributed by atoms with van der Waals surface area (Å²) in [5, 5.41) is 2.90. The van der Waals surface area contributed by atoms with E-state index in [-0.39, 0.29) is 11.6 Å². The number of hydrogen-bond acceptors (Lipinski definition) is 5. The van der Waals surface area contributed by atoms with Gasteiger partial charge in [-0.3, -0.25) is 9.59 Å². The molecule has 5 heteroatoms. The van der Waals surface area contributed by atoms with Crippen LogP contribution in [0.5, 0.6) is 0 Å². The lowest BCUT2D eigenvalue weighted by molar-refractivity contribution is 0.0493. The smallest absolute Gasteiger partial charge is 0.212 e. The molecule has 2 aliphatic rings. The number of allylic oxidation sites excluding steroid dienone is 2. The van der Waals surface area contributed by atoms with Gasteiger partial charge >= 0.3 is 0 Å². The van der Waals surface area contributed by atoms with E-state index in [1.165, 1.54) is 0 Å². The monoisotopic (exact) mass is 272 g/mol. The Kier molecular flexibility index (Phi) is 3.28. The Morgan fingerprint density at radius 3 is 2.25 bits per heavy atom. The minimum Gasteiger partial charge on any atom is -0.383 e. The van der Waals surface area contributed by atoms with Gasteiger partial charge in [0, 0.05) is 31.3 Å². The van der Waals surface area contributed by atoms with Crippen LogP contribution in [0.2, 0.25) is 0 Å². The van der Waals surface area contributed by atoms with Crippen molar-refractivity contribution in [2.75, 3.05) is 33.4 Å². The fourth-order valence-corrected chi connectivity index (χ4v) is 2.68. The molecule has 0 radical (unpaired) electrons. The van der Waals surface area contributed by atoms with Gasteiger partial charge in [-0.25, -0.2) is 0 Å². The van der Waals surface area contributed by atoms with Crippen LogP contribution in [0.3, 0.4) is 0 Å². The van der Waals surface area contributed by atoms with Gasteiger partial charge in [0.25, 0.3) is 0 Å². The third-order valence-electron chi connectivity index (χ3n) is 3.67. The quantitative estimate of drug-likeness (QED) is 0.864. The van der Waals surface area contributed by atoms with Gasteiger partial charge in [-0.2, -0.15) is 0 Å². The fraction of sp³-hybridized carbons (Fsp3) is 0.333. The maximum absolute atomic E-state index is 12.7. The Morgan fingerprint density at radius 2 is 1.65 bits per heavy atom. The lowest BCUT2D eigenvalue weighted by Crippen LogP contribution is -2.43. The summed E-state index contributed by atoms with van der Waals surface area (Å²) in [6.07, 6.45) is 0. The number of hydrogen-bond donors (Lipinski definition) is 1. The van der Waals surface area contributed by atoms with Crippen molar-refractivity contribution in [2.45, 2.75) is 0 Å². The molecule has 20 heavy (non-hydrogen) atoms. The second-order valence-corrected chi connectivity index (χ2v) is 4.78. The molecule has 0 saturated carbocycles. The molecule has 5 nitrogen and oxygen atoms in total. The first kappa shape index (κ1) is 12.9. The van der Waals surface area contributed by atoms with Gasteiger partial charge in [0.2, 0.25) is 11.6 Å². The molecular formula is C15H16N2O3. The summed E-state index contributed by atoms with van der Waals surface area (Å²) >= 11 is 0. The molecule has 0 atom stereocenters. The van der Waals surface area contributed by atoms with Gasteiger partial charge in [-0.1, -0.05) is 24.3 Å². The van der Waals surface area contributed by atoms with Gasteiger partial charge in [0.05, 0.1) is 13.2 Å². The van der Waals surface area contributed by atoms with Crippen LogP contribution in [-0.2, 0) is 4.74 Å². The summed E-state index contributed by atoms with van der Waals surface area (Å²) in [6.45, 7) is 2.40. The molecule has 1 fully saturated rings. The molecule has 1 aliphatic heterocycles. The van der Waals surface area contributed by atoms with E-state index >= 15 is 0 Å². The van der Waals surface area contributed by atoms with Crippen molar-refractivity contribution < 1.29 is 14.3 Å². The van der Waals surface area contributed by atoms with Gasteiger partial charge < -0.3 is 15.0 Å². The molecule has 1 aliphatic carbocycles. The fourth-order valence-electron chi connectivity index (χ4n) is 2.68. The number of fused-ring (bicyclic) bond motifs is 1. The molecule has 3 rings (SSSR count). The second-order valence-electron chi connectivity index (χ2n) is 4.78. The van der Waals surface area contributed by atoms with Crippen LogP contribution in [0.4, 0.5) is 0 Å². The molecule has 0 spiro atoms. The van der Waals surface area contributed by atoms with Crippen LogP contribution < -0.4 is 5.32 Å². The van der Waals surface area contributed by atoms with Crippen LogP contribution >= 0.6 is 0 Å².